The predicted octanol–water partition coefficient (Wildman–Crippen LogP) is 7.43. The molecule has 0 aromatic heterocycles. The SMILES string of the molecule is C[C]([N]C1CCCCC1)[N]C1CCCCC1.C[C]([N]C1CCCCC1)[N]C1CCCCC1.[Cl][Cr+2]. The fraction of sp³-hybridized carbons (Fsp3) is 0.929. The first kappa shape index (κ1) is 30.9. The quantitative estimate of drug-likeness (QED) is 0.314. The van der Waals surface area contributed by atoms with Crippen LogP contribution >= 0.6 is 10.0 Å². The summed E-state index contributed by atoms with van der Waals surface area (Å²) in [5.41, 5.74) is 0. The van der Waals surface area contributed by atoms with Crippen LogP contribution in [-0.2, 0) is 15.4 Å². The molecule has 0 spiro atoms. The molecule has 34 heavy (non-hydrogen) atoms. The molecule has 193 valence electrons. The van der Waals surface area contributed by atoms with Gasteiger partial charge in [-0.1, -0.05) is 77.0 Å². The summed E-state index contributed by atoms with van der Waals surface area (Å²) in [6, 6.07) is 2.34. The normalized spacial score (nSPS) is 23.8. The van der Waals surface area contributed by atoms with Crippen molar-refractivity contribution in [2.45, 2.75) is 166 Å². The van der Waals surface area contributed by atoms with Crippen molar-refractivity contribution in [3.05, 3.63) is 12.3 Å². The molecule has 4 aliphatic rings. The van der Waals surface area contributed by atoms with E-state index in [1.165, 1.54) is 128 Å². The van der Waals surface area contributed by atoms with Gasteiger partial charge in [0.15, 0.2) is 0 Å². The molecule has 0 aliphatic heterocycles. The monoisotopic (exact) mass is 529 g/mol. The Labute approximate surface area is 224 Å². The van der Waals surface area contributed by atoms with Gasteiger partial charge in [0.05, 0.1) is 0 Å². The van der Waals surface area contributed by atoms with E-state index in [0.717, 1.165) is 12.3 Å². The molecule has 4 aliphatic carbocycles. The van der Waals surface area contributed by atoms with E-state index in [1.807, 2.05) is 0 Å². The van der Waals surface area contributed by atoms with Crippen LogP contribution in [0.15, 0.2) is 0 Å². The Morgan fingerprint density at radius 1 is 0.412 bits per heavy atom. The van der Waals surface area contributed by atoms with Crippen LogP contribution in [0.25, 0.3) is 0 Å². The van der Waals surface area contributed by atoms with Gasteiger partial charge in [-0.3, -0.25) is 0 Å². The number of hydrogen-bond donors (Lipinski definition) is 0. The summed E-state index contributed by atoms with van der Waals surface area (Å²) in [6.45, 7) is 4.20. The zero-order valence-corrected chi connectivity index (χ0v) is 24.1. The van der Waals surface area contributed by atoms with Gasteiger partial charge >= 0.3 is 25.4 Å². The zero-order chi connectivity index (χ0) is 24.4. The van der Waals surface area contributed by atoms with Crippen LogP contribution in [0.4, 0.5) is 0 Å². The Kier molecular flexibility index (Phi) is 17.9. The second-order valence-corrected chi connectivity index (χ2v) is 10.8. The molecule has 4 fully saturated rings. The maximum atomic E-state index is 4.78. The van der Waals surface area contributed by atoms with E-state index < -0.39 is 0 Å². The summed E-state index contributed by atoms with van der Waals surface area (Å²) in [6.07, 6.45) is 29.0. The summed E-state index contributed by atoms with van der Waals surface area (Å²) in [7, 11) is 4.51. The fourth-order valence-corrected chi connectivity index (χ4v) is 5.96. The number of hydrogen-bond acceptors (Lipinski definition) is 0. The number of halogens is 1. The zero-order valence-electron chi connectivity index (χ0n) is 22.0. The van der Waals surface area contributed by atoms with Gasteiger partial charge in [-0.15, -0.1) is 0 Å². The first-order chi connectivity index (χ1) is 16.7. The topological polar surface area (TPSA) is 56.4 Å². The Balaban J connectivity index is 0.000000224. The molecule has 0 N–H and O–H groups in total. The molecule has 0 amide bonds. The summed E-state index contributed by atoms with van der Waals surface area (Å²) in [4.78, 5) is 0. The van der Waals surface area contributed by atoms with Crippen molar-refractivity contribution in [2.24, 2.45) is 0 Å². The van der Waals surface area contributed by atoms with Gasteiger partial charge in [-0.25, -0.2) is 21.3 Å². The molecule has 6 heteroatoms. The van der Waals surface area contributed by atoms with Crippen LogP contribution in [-0.4, -0.2) is 24.2 Å². The van der Waals surface area contributed by atoms with Crippen molar-refractivity contribution < 1.29 is 15.4 Å². The average Bonchev–Trinajstić information content (AvgIpc) is 2.88. The van der Waals surface area contributed by atoms with Crippen LogP contribution in [0.5, 0.6) is 0 Å². The minimum atomic E-state index is 0.584. The molecular formula is C28H50ClCrN4+2. The van der Waals surface area contributed by atoms with Gasteiger partial charge in [0.25, 0.3) is 0 Å². The molecule has 0 saturated heterocycles. The predicted molar refractivity (Wildman–Crippen MR) is 140 cm³/mol. The molecule has 0 aromatic rings. The van der Waals surface area contributed by atoms with Gasteiger partial charge in [0.2, 0.25) is 0 Å². The Bertz CT molecular complexity index is 377. The number of nitrogens with zero attached hydrogens (tertiary/aromatic N) is 4. The molecule has 6 radical (unpaired) electrons. The van der Waals surface area contributed by atoms with E-state index in [2.05, 4.69) is 39.3 Å². The van der Waals surface area contributed by atoms with Crippen LogP contribution < -0.4 is 21.3 Å². The third-order valence-electron chi connectivity index (χ3n) is 7.78. The van der Waals surface area contributed by atoms with Crippen molar-refractivity contribution in [3.8, 4) is 0 Å². The molecular weight excluding hydrogens is 480 g/mol. The van der Waals surface area contributed by atoms with Crippen LogP contribution in [0.1, 0.15) is 142 Å². The van der Waals surface area contributed by atoms with E-state index in [4.69, 9.17) is 21.3 Å². The van der Waals surface area contributed by atoms with Gasteiger partial charge in [0, 0.05) is 24.2 Å². The second-order valence-electron chi connectivity index (χ2n) is 10.8. The molecule has 4 rings (SSSR count). The van der Waals surface area contributed by atoms with E-state index in [9.17, 15) is 0 Å². The summed E-state index contributed by atoms with van der Waals surface area (Å²) in [5.74, 6) is 0. The van der Waals surface area contributed by atoms with Crippen molar-refractivity contribution in [1.82, 2.24) is 21.3 Å². The fourth-order valence-electron chi connectivity index (χ4n) is 5.96. The molecule has 0 aromatic carbocycles. The van der Waals surface area contributed by atoms with Crippen molar-refractivity contribution >= 4 is 10.0 Å². The van der Waals surface area contributed by atoms with Crippen LogP contribution in [0.3, 0.4) is 0 Å². The molecule has 0 bridgehead atoms. The third-order valence-corrected chi connectivity index (χ3v) is 7.78. The molecule has 0 unspecified atom stereocenters. The van der Waals surface area contributed by atoms with E-state index in [-0.39, 0.29) is 0 Å². The Morgan fingerprint density at radius 3 is 0.765 bits per heavy atom. The van der Waals surface area contributed by atoms with Gasteiger partial charge in [0.1, 0.15) is 12.3 Å². The van der Waals surface area contributed by atoms with Gasteiger partial charge in [-0.2, -0.15) is 0 Å². The van der Waals surface area contributed by atoms with Crippen LogP contribution in [0, 0.1) is 12.3 Å². The molecule has 4 saturated carbocycles. The first-order valence-electron chi connectivity index (χ1n) is 14.3. The number of rotatable bonds is 8. The second kappa shape index (κ2) is 19.7. The van der Waals surface area contributed by atoms with Gasteiger partial charge in [-0.05, 0) is 65.2 Å². The van der Waals surface area contributed by atoms with Gasteiger partial charge < -0.3 is 0 Å². The van der Waals surface area contributed by atoms with E-state index in [1.54, 1.807) is 0 Å². The van der Waals surface area contributed by atoms with E-state index in [0.29, 0.717) is 24.2 Å². The summed E-state index contributed by atoms with van der Waals surface area (Å²) >= 11 is 2.10. The Hall–Kier alpha value is 0.662. The standard InChI is InChI=1S/2C14H25N2.ClH.Cr/c2*1-12(15-13-8-4-2-5-9-13)16-14-10-6-3-7-11-14;;/h2*13-14H,2-11H2,1H3;1H;/q;;;+3/p-1. The minimum absolute atomic E-state index is 0.584. The van der Waals surface area contributed by atoms with E-state index >= 15 is 0 Å². The maximum absolute atomic E-state index is 4.78. The van der Waals surface area contributed by atoms with Crippen molar-refractivity contribution in [3.63, 3.8) is 0 Å². The average molecular weight is 530 g/mol. The molecule has 0 atom stereocenters. The summed E-state index contributed by atoms with van der Waals surface area (Å²) in [5, 5.41) is 19.1. The molecule has 4 nitrogen and oxygen atoms in total. The van der Waals surface area contributed by atoms with Crippen LogP contribution in [0.2, 0.25) is 0 Å². The third kappa shape index (κ3) is 13.8. The van der Waals surface area contributed by atoms with Crippen molar-refractivity contribution in [2.75, 3.05) is 0 Å². The molecule has 0 heterocycles. The van der Waals surface area contributed by atoms with Crippen molar-refractivity contribution in [1.29, 1.82) is 0 Å². The summed E-state index contributed by atoms with van der Waals surface area (Å²) < 4.78 is 0. The first-order valence-corrected chi connectivity index (χ1v) is 16.1. The Morgan fingerprint density at radius 2 is 0.588 bits per heavy atom.